The molecule has 6 atom stereocenters. The Kier molecular flexibility index (Phi) is 8.96. The lowest BCUT2D eigenvalue weighted by Gasteiger charge is -2.33. The highest BCUT2D eigenvalue weighted by atomic mass is 19.4. The van der Waals surface area contributed by atoms with E-state index in [1.54, 1.807) is 0 Å². The second-order valence-corrected chi connectivity index (χ2v) is 11.4. The number of fused-ring (bicyclic) bond motifs is 1. The zero-order valence-corrected chi connectivity index (χ0v) is 22.2. The number of likely N-dealkylation sites (tertiary alicyclic amines) is 1. The number of carbonyl (C=O) groups is 4. The van der Waals surface area contributed by atoms with Crippen molar-refractivity contribution < 1.29 is 32.3 Å². The van der Waals surface area contributed by atoms with Gasteiger partial charge in [0.2, 0.25) is 17.7 Å². The van der Waals surface area contributed by atoms with Crippen LogP contribution in [0.25, 0.3) is 0 Å². The van der Waals surface area contributed by atoms with Gasteiger partial charge in [0.15, 0.2) is 0 Å². The normalized spacial score (nSPS) is 27.2. The minimum Gasteiger partial charge on any atom is -0.356 e. The molecule has 3 aliphatic rings. The Hall–Kier alpha value is -2.88. The van der Waals surface area contributed by atoms with E-state index in [-0.39, 0.29) is 42.5 Å². The van der Waals surface area contributed by atoms with Crippen LogP contribution < -0.4 is 16.0 Å². The summed E-state index contributed by atoms with van der Waals surface area (Å²) >= 11 is 0. The molecule has 0 aromatic heterocycles. The van der Waals surface area contributed by atoms with Crippen molar-refractivity contribution in [2.75, 3.05) is 33.7 Å². The molecule has 0 radical (unpaired) electrons. The Morgan fingerprint density at radius 1 is 1.24 bits per heavy atom. The van der Waals surface area contributed by atoms with Crippen molar-refractivity contribution in [2.45, 2.75) is 70.3 Å². The number of nitriles is 1. The minimum absolute atomic E-state index is 0.00429. The van der Waals surface area contributed by atoms with Gasteiger partial charge in [0.25, 0.3) is 0 Å². The number of hydrogen-bond acceptors (Lipinski definition) is 6. The van der Waals surface area contributed by atoms with Crippen LogP contribution in [0.2, 0.25) is 0 Å². The van der Waals surface area contributed by atoms with Gasteiger partial charge in [-0.25, -0.2) is 0 Å². The van der Waals surface area contributed by atoms with Crippen LogP contribution in [-0.2, 0) is 19.2 Å². The first-order valence-corrected chi connectivity index (χ1v) is 13.0. The largest absolute Gasteiger partial charge is 0.471 e. The van der Waals surface area contributed by atoms with E-state index in [4.69, 9.17) is 0 Å². The van der Waals surface area contributed by atoms with E-state index in [0.717, 1.165) is 0 Å². The summed E-state index contributed by atoms with van der Waals surface area (Å²) < 4.78 is 39.1. The quantitative estimate of drug-likeness (QED) is 0.331. The molecule has 38 heavy (non-hydrogen) atoms. The molecule has 4 amide bonds. The molecule has 0 unspecified atom stereocenters. The lowest BCUT2D eigenvalue weighted by molar-refractivity contribution is -0.175. The second kappa shape index (κ2) is 11.5. The first kappa shape index (κ1) is 29.7. The Labute approximate surface area is 220 Å². The van der Waals surface area contributed by atoms with Crippen molar-refractivity contribution in [1.29, 1.82) is 5.26 Å². The third kappa shape index (κ3) is 6.57. The number of carbonyl (C=O) groups excluding carboxylic acids is 4. The third-order valence-electron chi connectivity index (χ3n) is 8.12. The highest BCUT2D eigenvalue weighted by Gasteiger charge is 2.69. The average Bonchev–Trinajstić information content (AvgIpc) is 3.18. The Morgan fingerprint density at radius 3 is 2.47 bits per heavy atom. The molecule has 2 heterocycles. The number of alkyl halides is 3. The maximum absolute atomic E-state index is 13.5. The van der Waals surface area contributed by atoms with Gasteiger partial charge in [-0.15, -0.1) is 0 Å². The van der Waals surface area contributed by atoms with E-state index in [1.165, 1.54) is 4.90 Å². The zero-order valence-electron chi connectivity index (χ0n) is 22.2. The molecule has 3 N–H and O–H groups in total. The summed E-state index contributed by atoms with van der Waals surface area (Å²) in [6.45, 7) is 5.25. The van der Waals surface area contributed by atoms with Gasteiger partial charge in [-0.3, -0.25) is 19.2 Å². The van der Waals surface area contributed by atoms with E-state index in [9.17, 15) is 37.6 Å². The Balaban J connectivity index is 1.75. The number of hydrogen-bond donors (Lipinski definition) is 3. The van der Waals surface area contributed by atoms with Crippen molar-refractivity contribution in [3.05, 3.63) is 0 Å². The van der Waals surface area contributed by atoms with Crippen LogP contribution in [0.3, 0.4) is 0 Å². The Bertz CT molecular complexity index is 979. The van der Waals surface area contributed by atoms with Crippen molar-refractivity contribution in [2.24, 2.45) is 23.2 Å². The number of nitrogens with one attached hydrogen (secondary N) is 3. The molecular weight excluding hydrogens is 505 g/mol. The second-order valence-electron chi connectivity index (χ2n) is 11.4. The summed E-state index contributed by atoms with van der Waals surface area (Å²) in [7, 11) is 3.70. The third-order valence-corrected chi connectivity index (χ3v) is 8.12. The first-order valence-electron chi connectivity index (χ1n) is 13.0. The van der Waals surface area contributed by atoms with Crippen molar-refractivity contribution in [3.8, 4) is 6.07 Å². The summed E-state index contributed by atoms with van der Waals surface area (Å²) in [5.74, 6) is -4.36. The maximum Gasteiger partial charge on any atom is 0.471 e. The molecule has 0 bridgehead atoms. The van der Waals surface area contributed by atoms with Crippen LogP contribution in [0.4, 0.5) is 13.2 Å². The topological polar surface area (TPSA) is 135 Å². The van der Waals surface area contributed by atoms with Crippen LogP contribution in [0.5, 0.6) is 0 Å². The van der Waals surface area contributed by atoms with E-state index >= 15 is 0 Å². The fraction of sp³-hybridized carbons (Fsp3) is 0.800. The molecule has 2 aliphatic heterocycles. The smallest absolute Gasteiger partial charge is 0.356 e. The van der Waals surface area contributed by atoms with Gasteiger partial charge in [0.05, 0.1) is 6.07 Å². The summed E-state index contributed by atoms with van der Waals surface area (Å²) in [4.78, 5) is 53.8. The van der Waals surface area contributed by atoms with E-state index in [0.29, 0.717) is 32.4 Å². The predicted octanol–water partition coefficient (Wildman–Crippen LogP) is 0.783. The van der Waals surface area contributed by atoms with Gasteiger partial charge in [-0.1, -0.05) is 13.8 Å². The van der Waals surface area contributed by atoms with E-state index in [1.807, 2.05) is 44.2 Å². The van der Waals surface area contributed by atoms with Gasteiger partial charge in [-0.05, 0) is 70.0 Å². The number of rotatable bonds is 11. The molecule has 212 valence electrons. The number of amides is 4. The number of nitrogens with zero attached hydrogens (tertiary/aromatic N) is 3. The number of unbranched alkanes of at least 4 members (excludes halogenated alkanes) is 1. The molecular formula is C25H37F3N6O4. The highest BCUT2D eigenvalue weighted by Crippen LogP contribution is 2.65. The summed E-state index contributed by atoms with van der Waals surface area (Å²) in [6.07, 6.45) is -3.47. The number of piperidine rings is 1. The molecule has 3 rings (SSSR count). The van der Waals surface area contributed by atoms with Crippen molar-refractivity contribution >= 4 is 23.6 Å². The van der Waals surface area contributed by atoms with Crippen LogP contribution in [0.15, 0.2) is 0 Å². The Morgan fingerprint density at radius 2 is 1.92 bits per heavy atom. The van der Waals surface area contributed by atoms with Gasteiger partial charge >= 0.3 is 12.1 Å². The van der Waals surface area contributed by atoms with Gasteiger partial charge in [0, 0.05) is 19.0 Å². The first-order chi connectivity index (χ1) is 17.7. The molecule has 13 heteroatoms. The van der Waals surface area contributed by atoms with E-state index < -0.39 is 47.9 Å². The molecule has 0 aromatic carbocycles. The van der Waals surface area contributed by atoms with Gasteiger partial charge in [-0.2, -0.15) is 18.4 Å². The fourth-order valence-corrected chi connectivity index (χ4v) is 5.84. The van der Waals surface area contributed by atoms with Crippen molar-refractivity contribution in [1.82, 2.24) is 25.8 Å². The molecule has 3 fully saturated rings. The number of halogens is 3. The molecule has 10 nitrogen and oxygen atoms in total. The van der Waals surface area contributed by atoms with Gasteiger partial charge in [0.1, 0.15) is 18.1 Å². The van der Waals surface area contributed by atoms with Gasteiger partial charge < -0.3 is 25.8 Å². The monoisotopic (exact) mass is 542 g/mol. The van der Waals surface area contributed by atoms with Crippen LogP contribution in [0, 0.1) is 34.5 Å². The lowest BCUT2D eigenvalue weighted by atomic mass is 9.97. The molecule has 1 aliphatic carbocycles. The average molecular weight is 543 g/mol. The van der Waals surface area contributed by atoms with Crippen LogP contribution in [-0.4, -0.2) is 91.5 Å². The molecule has 0 aromatic rings. The maximum atomic E-state index is 13.5. The van der Waals surface area contributed by atoms with Crippen molar-refractivity contribution in [3.63, 3.8) is 0 Å². The molecule has 2 saturated heterocycles. The highest BCUT2D eigenvalue weighted by molar-refractivity contribution is 5.94. The zero-order chi connectivity index (χ0) is 28.4. The standard InChI is InChI=1S/C25H37F3N6O4/c1-24(2)16-13-34(22(37)17(7-5-6-10-33(3)4)32-23(38)25(26,27)28)19(18(16)24)21(36)31-15(12-29)11-14-8-9-30-20(14)35/h14-19H,5-11,13H2,1-4H3,(H,30,35)(H,31,36)(H,32,38)/t14-,15-,16-,17-,18-,19-/m0/s1. The molecule has 0 spiro atoms. The SMILES string of the molecule is CN(C)CCCC[C@H](NC(=O)C(F)(F)F)C(=O)N1C[C@H]2[C@@H]([C@H]1C(=O)N[C@H](C#N)C[C@@H]1CCNC1=O)C2(C)C. The fourth-order valence-electron chi connectivity index (χ4n) is 5.84. The molecule has 1 saturated carbocycles. The van der Waals surface area contributed by atoms with Crippen LogP contribution in [0.1, 0.15) is 46.0 Å². The predicted molar refractivity (Wildman–Crippen MR) is 130 cm³/mol. The lowest BCUT2D eigenvalue weighted by Crippen LogP contribution is -2.57. The summed E-state index contributed by atoms with van der Waals surface area (Å²) in [5.41, 5.74) is -0.261. The summed E-state index contributed by atoms with van der Waals surface area (Å²) in [5, 5.41) is 16.8. The van der Waals surface area contributed by atoms with E-state index in [2.05, 4.69) is 10.6 Å². The summed E-state index contributed by atoms with van der Waals surface area (Å²) in [6, 6.07) is -1.37. The minimum atomic E-state index is -5.15. The van der Waals surface area contributed by atoms with Crippen LogP contribution >= 0.6 is 0 Å².